The number of pyridine rings is 1. The van der Waals surface area contributed by atoms with Gasteiger partial charge in [0, 0.05) is 43.8 Å². The van der Waals surface area contributed by atoms with E-state index in [1.807, 2.05) is 30.0 Å². The molecule has 1 aromatic rings. The van der Waals surface area contributed by atoms with Gasteiger partial charge in [-0.1, -0.05) is 6.07 Å². The van der Waals surface area contributed by atoms with Gasteiger partial charge in [-0.2, -0.15) is 0 Å². The van der Waals surface area contributed by atoms with E-state index in [2.05, 4.69) is 9.88 Å². The Balaban J connectivity index is 1.53. The lowest BCUT2D eigenvalue weighted by Gasteiger charge is -2.39. The van der Waals surface area contributed by atoms with Gasteiger partial charge in [0.05, 0.1) is 16.7 Å². The van der Waals surface area contributed by atoms with Crippen molar-refractivity contribution in [3.63, 3.8) is 0 Å². The van der Waals surface area contributed by atoms with E-state index in [0.717, 1.165) is 30.7 Å². The van der Waals surface area contributed by atoms with Crippen molar-refractivity contribution in [1.29, 1.82) is 0 Å². The van der Waals surface area contributed by atoms with E-state index in [9.17, 15) is 13.2 Å². The Hall–Kier alpha value is -1.47. The lowest BCUT2D eigenvalue weighted by Crippen LogP contribution is -2.54. The predicted molar refractivity (Wildman–Crippen MR) is 99.3 cm³/mol. The molecule has 2 atom stereocenters. The van der Waals surface area contributed by atoms with Gasteiger partial charge in [0.2, 0.25) is 5.91 Å². The quantitative estimate of drug-likeness (QED) is 0.796. The number of nitrogens with zero attached hydrogens (tertiary/aromatic N) is 3. The van der Waals surface area contributed by atoms with Crippen LogP contribution >= 0.6 is 0 Å². The second-order valence-corrected chi connectivity index (χ2v) is 10.2. The van der Waals surface area contributed by atoms with E-state index in [0.29, 0.717) is 32.6 Å². The minimum absolute atomic E-state index is 0.0203. The standard InChI is InChI=1S/C19H27N3O3S/c1-14-3-2-4-16(20-14)13-22-11-12-26(24,25)18-8-10-21(9-7-17(18)22)19(23)15-5-6-15/h2-4,15,17-18H,5-13H2,1H3/t17-,18+/m0/s1. The van der Waals surface area contributed by atoms with Gasteiger partial charge in [-0.15, -0.1) is 0 Å². The van der Waals surface area contributed by atoms with Gasteiger partial charge in [0.25, 0.3) is 0 Å². The Morgan fingerprint density at radius 3 is 2.65 bits per heavy atom. The Morgan fingerprint density at radius 2 is 1.92 bits per heavy atom. The molecule has 142 valence electrons. The fourth-order valence-corrected chi connectivity index (χ4v) is 6.40. The van der Waals surface area contributed by atoms with Crippen LogP contribution in [0.4, 0.5) is 0 Å². The van der Waals surface area contributed by atoms with E-state index in [-0.39, 0.29) is 28.9 Å². The van der Waals surface area contributed by atoms with Crippen molar-refractivity contribution < 1.29 is 13.2 Å². The van der Waals surface area contributed by atoms with Gasteiger partial charge in [0.1, 0.15) is 0 Å². The molecule has 3 heterocycles. The van der Waals surface area contributed by atoms with Gasteiger partial charge in [-0.05, 0) is 44.7 Å². The summed E-state index contributed by atoms with van der Waals surface area (Å²) in [5.74, 6) is 0.628. The highest BCUT2D eigenvalue weighted by atomic mass is 32.2. The van der Waals surface area contributed by atoms with E-state index in [1.165, 1.54) is 0 Å². The molecule has 7 heteroatoms. The fraction of sp³-hybridized carbons (Fsp3) is 0.684. The Kier molecular flexibility index (Phi) is 4.77. The van der Waals surface area contributed by atoms with E-state index < -0.39 is 9.84 Å². The number of fused-ring (bicyclic) bond motifs is 1. The summed E-state index contributed by atoms with van der Waals surface area (Å²) in [6.45, 7) is 4.45. The SMILES string of the molecule is Cc1cccc(CN2CCS(=O)(=O)[C@@H]3CCN(C(=O)C4CC4)CC[C@@H]32)n1. The molecule has 2 aliphatic heterocycles. The zero-order chi connectivity index (χ0) is 18.3. The summed E-state index contributed by atoms with van der Waals surface area (Å²) in [5.41, 5.74) is 1.96. The van der Waals surface area contributed by atoms with Crippen LogP contribution in [0.5, 0.6) is 0 Å². The summed E-state index contributed by atoms with van der Waals surface area (Å²) < 4.78 is 25.4. The molecule has 0 unspecified atom stereocenters. The first-order chi connectivity index (χ1) is 12.4. The van der Waals surface area contributed by atoms with Crippen LogP contribution in [0.1, 0.15) is 37.1 Å². The number of hydrogen-bond donors (Lipinski definition) is 0. The third kappa shape index (κ3) is 3.64. The lowest BCUT2D eigenvalue weighted by molar-refractivity contribution is -0.132. The summed E-state index contributed by atoms with van der Waals surface area (Å²) in [6, 6.07) is 5.96. The fourth-order valence-electron chi connectivity index (χ4n) is 4.36. The van der Waals surface area contributed by atoms with Gasteiger partial charge in [-0.3, -0.25) is 14.7 Å². The molecular formula is C19H27N3O3S. The smallest absolute Gasteiger partial charge is 0.225 e. The maximum atomic E-state index is 12.7. The van der Waals surface area contributed by atoms with Crippen molar-refractivity contribution in [2.75, 3.05) is 25.4 Å². The molecule has 3 fully saturated rings. The first-order valence-electron chi connectivity index (χ1n) is 9.61. The second kappa shape index (κ2) is 6.93. The number of rotatable bonds is 3. The zero-order valence-electron chi connectivity index (χ0n) is 15.3. The zero-order valence-corrected chi connectivity index (χ0v) is 16.1. The molecule has 6 nitrogen and oxygen atoms in total. The second-order valence-electron chi connectivity index (χ2n) is 7.89. The van der Waals surface area contributed by atoms with Crippen LogP contribution in [-0.4, -0.2) is 65.8 Å². The number of hydrogen-bond acceptors (Lipinski definition) is 5. The molecule has 0 N–H and O–H groups in total. The Labute approximate surface area is 155 Å². The average Bonchev–Trinajstić information content (AvgIpc) is 3.43. The number of likely N-dealkylation sites (tertiary alicyclic amines) is 1. The molecule has 0 radical (unpaired) electrons. The minimum Gasteiger partial charge on any atom is -0.342 e. The summed E-state index contributed by atoms with van der Waals surface area (Å²) in [7, 11) is -3.09. The van der Waals surface area contributed by atoms with Crippen molar-refractivity contribution in [3.05, 3.63) is 29.6 Å². The molecule has 0 spiro atoms. The highest BCUT2D eigenvalue weighted by Crippen LogP contribution is 2.34. The third-order valence-corrected chi connectivity index (χ3v) is 8.17. The summed E-state index contributed by atoms with van der Waals surface area (Å²) in [5, 5.41) is -0.363. The molecule has 3 aliphatic rings. The minimum atomic E-state index is -3.09. The largest absolute Gasteiger partial charge is 0.342 e. The number of carbonyl (C=O) groups excluding carboxylic acids is 1. The summed E-state index contributed by atoms with van der Waals surface area (Å²) in [6.07, 6.45) is 3.27. The Morgan fingerprint density at radius 1 is 1.15 bits per heavy atom. The molecular weight excluding hydrogens is 350 g/mol. The number of amides is 1. The molecule has 1 aliphatic carbocycles. The first kappa shape index (κ1) is 17.9. The van der Waals surface area contributed by atoms with Crippen molar-refractivity contribution in [1.82, 2.24) is 14.8 Å². The van der Waals surface area contributed by atoms with Crippen LogP contribution < -0.4 is 0 Å². The van der Waals surface area contributed by atoms with Crippen LogP contribution in [0.25, 0.3) is 0 Å². The van der Waals surface area contributed by atoms with Crippen molar-refractivity contribution >= 4 is 15.7 Å². The molecule has 4 rings (SSSR count). The van der Waals surface area contributed by atoms with Crippen molar-refractivity contribution in [2.45, 2.75) is 50.4 Å². The first-order valence-corrected chi connectivity index (χ1v) is 11.3. The normalized spacial score (nSPS) is 29.0. The maximum absolute atomic E-state index is 12.7. The third-order valence-electron chi connectivity index (χ3n) is 5.95. The van der Waals surface area contributed by atoms with E-state index in [4.69, 9.17) is 0 Å². The van der Waals surface area contributed by atoms with Crippen LogP contribution in [0.2, 0.25) is 0 Å². The average molecular weight is 378 g/mol. The lowest BCUT2D eigenvalue weighted by atomic mass is 10.1. The summed E-state index contributed by atoms with van der Waals surface area (Å²) in [4.78, 5) is 21.2. The van der Waals surface area contributed by atoms with E-state index in [1.54, 1.807) is 0 Å². The molecule has 1 aromatic heterocycles. The van der Waals surface area contributed by atoms with Crippen LogP contribution in [-0.2, 0) is 21.2 Å². The van der Waals surface area contributed by atoms with Crippen molar-refractivity contribution in [2.24, 2.45) is 5.92 Å². The molecule has 0 aromatic carbocycles. The van der Waals surface area contributed by atoms with Gasteiger partial charge in [-0.25, -0.2) is 8.42 Å². The van der Waals surface area contributed by atoms with Crippen molar-refractivity contribution in [3.8, 4) is 0 Å². The molecule has 1 amide bonds. The van der Waals surface area contributed by atoms with Gasteiger partial charge >= 0.3 is 0 Å². The molecule has 0 bridgehead atoms. The predicted octanol–water partition coefficient (Wildman–Crippen LogP) is 1.39. The van der Waals surface area contributed by atoms with Gasteiger partial charge in [0.15, 0.2) is 9.84 Å². The van der Waals surface area contributed by atoms with Gasteiger partial charge < -0.3 is 4.90 Å². The molecule has 26 heavy (non-hydrogen) atoms. The number of carbonyl (C=O) groups is 1. The van der Waals surface area contributed by atoms with Crippen LogP contribution in [0.3, 0.4) is 0 Å². The summed E-state index contributed by atoms with van der Waals surface area (Å²) >= 11 is 0. The monoisotopic (exact) mass is 377 g/mol. The highest BCUT2D eigenvalue weighted by molar-refractivity contribution is 7.92. The maximum Gasteiger partial charge on any atom is 0.225 e. The van der Waals surface area contributed by atoms with Crippen LogP contribution in [0, 0.1) is 12.8 Å². The topological polar surface area (TPSA) is 70.6 Å². The number of sulfone groups is 1. The molecule has 2 saturated heterocycles. The van der Waals surface area contributed by atoms with Crippen LogP contribution in [0.15, 0.2) is 18.2 Å². The number of aromatic nitrogens is 1. The molecule has 1 saturated carbocycles. The van der Waals surface area contributed by atoms with E-state index >= 15 is 0 Å². The highest BCUT2D eigenvalue weighted by Gasteiger charge is 2.44. The number of aryl methyl sites for hydroxylation is 1. The Bertz CT molecular complexity index is 791.